The molecule has 0 aliphatic rings. The van der Waals surface area contributed by atoms with Gasteiger partial charge in [-0.05, 0) is 25.3 Å². The van der Waals surface area contributed by atoms with Crippen molar-refractivity contribution in [1.29, 1.82) is 0 Å². The van der Waals surface area contributed by atoms with Gasteiger partial charge in [0.25, 0.3) is 5.91 Å². The molecule has 0 unspecified atom stereocenters. The molecule has 0 aliphatic heterocycles. The summed E-state index contributed by atoms with van der Waals surface area (Å²) in [5.74, 6) is 0.673. The van der Waals surface area contributed by atoms with Crippen molar-refractivity contribution in [3.63, 3.8) is 0 Å². The molecule has 4 rings (SSSR count). The summed E-state index contributed by atoms with van der Waals surface area (Å²) in [7, 11) is 0. The zero-order chi connectivity index (χ0) is 16.0. The van der Waals surface area contributed by atoms with Crippen LogP contribution in [0.15, 0.2) is 42.5 Å². The molecule has 114 valence electrons. The number of aromatic nitrogens is 3. The lowest BCUT2D eigenvalue weighted by Crippen LogP contribution is -2.12. The van der Waals surface area contributed by atoms with Crippen molar-refractivity contribution < 1.29 is 4.79 Å². The summed E-state index contributed by atoms with van der Waals surface area (Å²) >= 11 is 1.35. The Morgan fingerprint density at radius 1 is 1.09 bits per heavy atom. The molecule has 0 saturated carbocycles. The molecule has 0 bridgehead atoms. The molecule has 0 atom stereocenters. The quantitative estimate of drug-likeness (QED) is 0.610. The predicted octanol–water partition coefficient (Wildman–Crippen LogP) is 3.81. The third-order valence-electron chi connectivity index (χ3n) is 3.90. The average Bonchev–Trinajstić information content (AvgIpc) is 3.08. The fourth-order valence-electron chi connectivity index (χ4n) is 2.79. The normalized spacial score (nSPS) is 11.2. The summed E-state index contributed by atoms with van der Waals surface area (Å²) in [4.78, 5) is 14.1. The van der Waals surface area contributed by atoms with Crippen LogP contribution in [0.1, 0.15) is 21.2 Å². The average molecular weight is 322 g/mol. The molecule has 0 saturated heterocycles. The number of anilines is 1. The predicted molar refractivity (Wildman–Crippen MR) is 92.2 cm³/mol. The number of hydrogen-bond donors (Lipinski definition) is 1. The smallest absolute Gasteiger partial charge is 0.267 e. The van der Waals surface area contributed by atoms with Gasteiger partial charge in [0.1, 0.15) is 10.7 Å². The first kappa shape index (κ1) is 13.9. The Kier molecular flexibility index (Phi) is 3.12. The maximum atomic E-state index is 12.7. The lowest BCUT2D eigenvalue weighted by molar-refractivity contribution is 0.103. The van der Waals surface area contributed by atoms with E-state index in [4.69, 9.17) is 0 Å². The summed E-state index contributed by atoms with van der Waals surface area (Å²) in [6, 6.07) is 13.9. The van der Waals surface area contributed by atoms with E-state index >= 15 is 0 Å². The van der Waals surface area contributed by atoms with Crippen molar-refractivity contribution in [2.45, 2.75) is 13.8 Å². The Bertz CT molecular complexity index is 1040. The fourth-order valence-corrected chi connectivity index (χ4v) is 3.79. The molecule has 23 heavy (non-hydrogen) atoms. The van der Waals surface area contributed by atoms with Crippen molar-refractivity contribution in [3.8, 4) is 0 Å². The van der Waals surface area contributed by atoms with Gasteiger partial charge in [-0.15, -0.1) is 10.2 Å². The van der Waals surface area contributed by atoms with E-state index in [0.717, 1.165) is 32.9 Å². The number of nitrogens with zero attached hydrogens (tertiary/aromatic N) is 3. The number of thiazole rings is 1. The molecule has 0 radical (unpaired) electrons. The van der Waals surface area contributed by atoms with Gasteiger partial charge in [0.2, 0.25) is 4.96 Å². The van der Waals surface area contributed by atoms with Gasteiger partial charge in [0, 0.05) is 16.8 Å². The van der Waals surface area contributed by atoms with Crippen molar-refractivity contribution >= 4 is 38.7 Å². The van der Waals surface area contributed by atoms with Crippen LogP contribution >= 0.6 is 11.3 Å². The highest BCUT2D eigenvalue weighted by atomic mass is 32.1. The van der Waals surface area contributed by atoms with Gasteiger partial charge in [-0.2, -0.15) is 0 Å². The number of carbonyl (C=O) groups excluding carboxylic acids is 1. The van der Waals surface area contributed by atoms with Crippen LogP contribution in [0.3, 0.4) is 0 Å². The minimum Gasteiger partial charge on any atom is -0.321 e. The van der Waals surface area contributed by atoms with Gasteiger partial charge in [0.15, 0.2) is 0 Å². The van der Waals surface area contributed by atoms with Gasteiger partial charge >= 0.3 is 0 Å². The summed E-state index contributed by atoms with van der Waals surface area (Å²) < 4.78 is 1.91. The Hall–Kier alpha value is -2.73. The molecular weight excluding hydrogens is 308 g/mol. The second kappa shape index (κ2) is 5.17. The number of rotatable bonds is 2. The van der Waals surface area contributed by atoms with Gasteiger partial charge < -0.3 is 5.32 Å². The van der Waals surface area contributed by atoms with Crippen LogP contribution in [0.25, 0.3) is 15.7 Å². The summed E-state index contributed by atoms with van der Waals surface area (Å²) in [5, 5.41) is 13.3. The molecule has 2 heterocycles. The fraction of sp³-hybridized carbons (Fsp3) is 0.118. The third-order valence-corrected chi connectivity index (χ3v) is 5.03. The topological polar surface area (TPSA) is 59.3 Å². The van der Waals surface area contributed by atoms with E-state index in [1.54, 1.807) is 0 Å². The van der Waals surface area contributed by atoms with E-state index < -0.39 is 0 Å². The number of hydrogen-bond acceptors (Lipinski definition) is 4. The number of benzene rings is 2. The lowest BCUT2D eigenvalue weighted by Gasteiger charge is -2.08. The van der Waals surface area contributed by atoms with E-state index in [-0.39, 0.29) is 5.91 Å². The van der Waals surface area contributed by atoms with E-state index in [0.29, 0.717) is 4.88 Å². The number of fused-ring (bicyclic) bond motifs is 2. The summed E-state index contributed by atoms with van der Waals surface area (Å²) in [6.07, 6.45) is 0. The Balaban J connectivity index is 1.75. The molecule has 2 aromatic heterocycles. The van der Waals surface area contributed by atoms with E-state index in [1.807, 2.05) is 60.7 Å². The molecule has 1 N–H and O–H groups in total. The minimum absolute atomic E-state index is 0.117. The van der Waals surface area contributed by atoms with Crippen LogP contribution in [-0.2, 0) is 0 Å². The van der Waals surface area contributed by atoms with Crippen LogP contribution in [0.4, 0.5) is 5.69 Å². The zero-order valence-electron chi connectivity index (χ0n) is 12.7. The number of aryl methyl sites for hydroxylation is 2. The summed E-state index contributed by atoms with van der Waals surface area (Å²) in [6.45, 7) is 3.80. The Morgan fingerprint density at radius 3 is 2.70 bits per heavy atom. The monoisotopic (exact) mass is 322 g/mol. The molecule has 1 amide bonds. The first-order valence-electron chi connectivity index (χ1n) is 7.25. The molecule has 0 spiro atoms. The van der Waals surface area contributed by atoms with E-state index in [9.17, 15) is 4.79 Å². The van der Waals surface area contributed by atoms with Crippen molar-refractivity contribution in [3.05, 3.63) is 58.9 Å². The highest BCUT2D eigenvalue weighted by molar-refractivity contribution is 7.19. The maximum Gasteiger partial charge on any atom is 0.267 e. The second-order valence-corrected chi connectivity index (χ2v) is 6.34. The standard InChI is InChI=1S/C17H14N4OS/c1-10-15(23-17-20-19-11(2)21(10)17)16(22)18-14-9-5-7-12-6-3-4-8-13(12)14/h3-9H,1-2H3,(H,18,22). The van der Waals surface area contributed by atoms with Gasteiger partial charge in [-0.3, -0.25) is 9.20 Å². The molecular formula is C17H14N4OS. The number of carbonyl (C=O) groups is 1. The Labute approximate surface area is 136 Å². The zero-order valence-corrected chi connectivity index (χ0v) is 13.5. The lowest BCUT2D eigenvalue weighted by atomic mass is 10.1. The SMILES string of the molecule is Cc1nnc2sc(C(=O)Nc3cccc4ccccc34)c(C)n12. The minimum atomic E-state index is -0.117. The van der Waals surface area contributed by atoms with Crippen molar-refractivity contribution in [2.75, 3.05) is 5.32 Å². The molecule has 0 aliphatic carbocycles. The van der Waals surface area contributed by atoms with Crippen molar-refractivity contribution in [2.24, 2.45) is 0 Å². The Morgan fingerprint density at radius 2 is 1.87 bits per heavy atom. The van der Waals surface area contributed by atoms with Gasteiger partial charge in [-0.25, -0.2) is 0 Å². The van der Waals surface area contributed by atoms with Crippen LogP contribution in [0.5, 0.6) is 0 Å². The highest BCUT2D eigenvalue weighted by Gasteiger charge is 2.19. The van der Waals surface area contributed by atoms with Gasteiger partial charge in [0.05, 0.1) is 0 Å². The van der Waals surface area contributed by atoms with Crippen LogP contribution in [-0.4, -0.2) is 20.5 Å². The van der Waals surface area contributed by atoms with E-state index in [1.165, 1.54) is 11.3 Å². The number of amides is 1. The summed E-state index contributed by atoms with van der Waals surface area (Å²) in [5.41, 5.74) is 1.68. The molecule has 5 nitrogen and oxygen atoms in total. The number of nitrogens with one attached hydrogen (secondary N) is 1. The largest absolute Gasteiger partial charge is 0.321 e. The first-order chi connectivity index (χ1) is 11.1. The van der Waals surface area contributed by atoms with Crippen LogP contribution < -0.4 is 5.32 Å². The maximum absolute atomic E-state index is 12.7. The second-order valence-electron chi connectivity index (χ2n) is 5.36. The van der Waals surface area contributed by atoms with Crippen LogP contribution in [0, 0.1) is 13.8 Å². The highest BCUT2D eigenvalue weighted by Crippen LogP contribution is 2.26. The molecule has 4 aromatic rings. The molecule has 2 aromatic carbocycles. The molecule has 6 heteroatoms. The third kappa shape index (κ3) is 2.19. The molecule has 0 fully saturated rings. The van der Waals surface area contributed by atoms with Crippen molar-refractivity contribution in [1.82, 2.24) is 14.6 Å². The first-order valence-corrected chi connectivity index (χ1v) is 8.07. The van der Waals surface area contributed by atoms with E-state index in [2.05, 4.69) is 15.5 Å². The van der Waals surface area contributed by atoms with Crippen LogP contribution in [0.2, 0.25) is 0 Å². The van der Waals surface area contributed by atoms with Gasteiger partial charge in [-0.1, -0.05) is 47.7 Å².